The summed E-state index contributed by atoms with van der Waals surface area (Å²) in [7, 11) is -1.00. The zero-order chi connectivity index (χ0) is 24.7. The van der Waals surface area contributed by atoms with Crippen LogP contribution in [0, 0.1) is 6.92 Å². The third-order valence-corrected chi connectivity index (χ3v) is 6.68. The number of urea groups is 1. The number of aryl methyl sites for hydroxylation is 1. The lowest BCUT2D eigenvalue weighted by Gasteiger charge is -2.25. The largest absolute Gasteiger partial charge is 0.497 e. The van der Waals surface area contributed by atoms with Crippen molar-refractivity contribution in [3.8, 4) is 5.75 Å². The molecule has 0 bridgehead atoms. The molecule has 3 aromatic rings. The van der Waals surface area contributed by atoms with Crippen LogP contribution in [0.4, 0.5) is 10.5 Å². The number of ether oxygens (including phenoxy) is 1. The van der Waals surface area contributed by atoms with E-state index in [4.69, 9.17) is 4.74 Å². The number of carbonyl (C=O) groups is 2. The highest BCUT2D eigenvalue weighted by Gasteiger charge is 2.27. The topological polar surface area (TPSA) is 118 Å². The first-order valence-electron chi connectivity index (χ1n) is 10.4. The SMILES string of the molecule is COc1ccc(N(C)C(=O)[C@H](Cc2ccncc2)NC(=O)NS(=O)(=O)c2ccccc2C)cc1. The predicted octanol–water partition coefficient (Wildman–Crippen LogP) is 2.66. The molecule has 2 N–H and O–H groups in total. The van der Waals surface area contributed by atoms with Crippen molar-refractivity contribution in [1.82, 2.24) is 15.0 Å². The maximum atomic E-state index is 13.3. The van der Waals surface area contributed by atoms with E-state index in [2.05, 4.69) is 10.3 Å². The standard InChI is InChI=1S/C24H26N4O5S/c1-17-6-4-5-7-22(17)34(31,32)27-24(30)26-21(16-18-12-14-25-15-13-18)23(29)28(2)19-8-10-20(33-3)11-9-19/h4-15,21H,16H2,1-3H3,(H2,26,27,30)/t21-/m0/s1. The van der Waals surface area contributed by atoms with Crippen LogP contribution in [-0.4, -0.2) is 45.5 Å². The van der Waals surface area contributed by atoms with Crippen LogP contribution in [0.25, 0.3) is 0 Å². The second-order valence-corrected chi connectivity index (χ2v) is 9.20. The first kappa shape index (κ1) is 24.7. The van der Waals surface area contributed by atoms with Gasteiger partial charge in [-0.15, -0.1) is 0 Å². The third-order valence-electron chi connectivity index (χ3n) is 5.19. The molecule has 9 nitrogen and oxygen atoms in total. The average molecular weight is 483 g/mol. The van der Waals surface area contributed by atoms with Gasteiger partial charge in [-0.05, 0) is 60.5 Å². The maximum Gasteiger partial charge on any atom is 0.329 e. The molecule has 1 atom stereocenters. The van der Waals surface area contributed by atoms with Gasteiger partial charge in [-0.25, -0.2) is 17.9 Å². The van der Waals surface area contributed by atoms with Crippen LogP contribution in [0.3, 0.4) is 0 Å². The molecular weight excluding hydrogens is 456 g/mol. The Labute approximate surface area is 198 Å². The highest BCUT2D eigenvalue weighted by molar-refractivity contribution is 7.90. The van der Waals surface area contributed by atoms with Gasteiger partial charge < -0.3 is 15.0 Å². The lowest BCUT2D eigenvalue weighted by Crippen LogP contribution is -2.52. The number of nitrogens with one attached hydrogen (secondary N) is 2. The monoisotopic (exact) mass is 482 g/mol. The summed E-state index contributed by atoms with van der Waals surface area (Å²) in [6.45, 7) is 1.63. The van der Waals surface area contributed by atoms with Crippen LogP contribution in [-0.2, 0) is 21.2 Å². The first-order chi connectivity index (χ1) is 16.2. The number of aromatic nitrogens is 1. The number of hydrogen-bond acceptors (Lipinski definition) is 6. The third kappa shape index (κ3) is 6.10. The number of nitrogens with zero attached hydrogens (tertiary/aromatic N) is 2. The Morgan fingerprint density at radius 1 is 1.03 bits per heavy atom. The normalized spacial score (nSPS) is 11.9. The summed E-state index contributed by atoms with van der Waals surface area (Å²) in [6.07, 6.45) is 3.29. The minimum Gasteiger partial charge on any atom is -0.497 e. The van der Waals surface area contributed by atoms with Gasteiger partial charge in [0.2, 0.25) is 5.91 Å². The van der Waals surface area contributed by atoms with E-state index in [1.54, 1.807) is 88.1 Å². The van der Waals surface area contributed by atoms with Crippen molar-refractivity contribution in [3.05, 3.63) is 84.2 Å². The number of pyridine rings is 1. The van der Waals surface area contributed by atoms with E-state index in [1.165, 1.54) is 11.0 Å². The van der Waals surface area contributed by atoms with E-state index in [1.807, 2.05) is 4.72 Å². The van der Waals surface area contributed by atoms with Gasteiger partial charge in [-0.3, -0.25) is 9.78 Å². The lowest BCUT2D eigenvalue weighted by atomic mass is 10.1. The first-order valence-corrected chi connectivity index (χ1v) is 11.9. The Morgan fingerprint density at radius 3 is 2.29 bits per heavy atom. The predicted molar refractivity (Wildman–Crippen MR) is 128 cm³/mol. The van der Waals surface area contributed by atoms with Crippen LogP contribution >= 0.6 is 0 Å². The molecule has 0 aliphatic carbocycles. The summed E-state index contributed by atoms with van der Waals surface area (Å²) in [4.78, 5) is 31.3. The van der Waals surface area contributed by atoms with Gasteiger partial charge in [-0.1, -0.05) is 18.2 Å². The highest BCUT2D eigenvalue weighted by atomic mass is 32.2. The van der Waals surface area contributed by atoms with Crippen LogP contribution in [0.5, 0.6) is 5.75 Å². The molecule has 3 amide bonds. The Hall–Kier alpha value is -3.92. The van der Waals surface area contributed by atoms with Gasteiger partial charge in [0.1, 0.15) is 11.8 Å². The minimum atomic E-state index is -4.13. The Morgan fingerprint density at radius 2 is 1.68 bits per heavy atom. The van der Waals surface area contributed by atoms with E-state index < -0.39 is 28.0 Å². The number of benzene rings is 2. The molecular formula is C24H26N4O5S. The van der Waals surface area contributed by atoms with E-state index >= 15 is 0 Å². The van der Waals surface area contributed by atoms with Crippen LogP contribution < -0.4 is 19.7 Å². The molecule has 178 valence electrons. The zero-order valence-corrected chi connectivity index (χ0v) is 19.9. The number of rotatable bonds is 8. The number of likely N-dealkylation sites (N-methyl/N-ethyl adjacent to an activating group) is 1. The van der Waals surface area contributed by atoms with Gasteiger partial charge >= 0.3 is 6.03 Å². The molecule has 0 aliphatic heterocycles. The second-order valence-electron chi connectivity index (χ2n) is 7.55. The molecule has 0 spiro atoms. The van der Waals surface area contributed by atoms with Crippen LogP contribution in [0.15, 0.2) is 78.0 Å². The van der Waals surface area contributed by atoms with Crippen molar-refractivity contribution in [2.75, 3.05) is 19.1 Å². The number of sulfonamides is 1. The van der Waals surface area contributed by atoms with Gasteiger partial charge in [0.25, 0.3) is 10.0 Å². The van der Waals surface area contributed by atoms with E-state index in [0.717, 1.165) is 5.56 Å². The van der Waals surface area contributed by atoms with Crippen molar-refractivity contribution >= 4 is 27.6 Å². The fourth-order valence-electron chi connectivity index (χ4n) is 3.34. The summed E-state index contributed by atoms with van der Waals surface area (Å²) < 4.78 is 32.6. The van der Waals surface area contributed by atoms with Crippen molar-refractivity contribution in [2.24, 2.45) is 0 Å². The molecule has 2 aromatic carbocycles. The molecule has 1 aromatic heterocycles. The van der Waals surface area contributed by atoms with Crippen molar-refractivity contribution in [3.63, 3.8) is 0 Å². The lowest BCUT2D eigenvalue weighted by molar-refractivity contribution is -0.120. The molecule has 0 radical (unpaired) electrons. The zero-order valence-electron chi connectivity index (χ0n) is 19.1. The molecule has 0 unspecified atom stereocenters. The van der Waals surface area contributed by atoms with Crippen molar-refractivity contribution in [1.29, 1.82) is 0 Å². The number of anilines is 1. The smallest absolute Gasteiger partial charge is 0.329 e. The fraction of sp³-hybridized carbons (Fsp3) is 0.208. The van der Waals surface area contributed by atoms with Gasteiger partial charge in [0.05, 0.1) is 12.0 Å². The molecule has 10 heteroatoms. The highest BCUT2D eigenvalue weighted by Crippen LogP contribution is 2.19. The molecule has 0 saturated carbocycles. The molecule has 34 heavy (non-hydrogen) atoms. The summed E-state index contributed by atoms with van der Waals surface area (Å²) >= 11 is 0. The number of amides is 3. The Balaban J connectivity index is 1.81. The molecule has 3 rings (SSSR count). The summed E-state index contributed by atoms with van der Waals surface area (Å²) in [5, 5.41) is 2.52. The van der Waals surface area contributed by atoms with Crippen LogP contribution in [0.1, 0.15) is 11.1 Å². The molecule has 0 aliphatic rings. The summed E-state index contributed by atoms with van der Waals surface area (Å²) in [6, 6.07) is 14.6. The minimum absolute atomic E-state index is 0.0162. The average Bonchev–Trinajstić information content (AvgIpc) is 2.83. The van der Waals surface area contributed by atoms with E-state index in [-0.39, 0.29) is 11.3 Å². The summed E-state index contributed by atoms with van der Waals surface area (Å²) in [5.41, 5.74) is 1.82. The van der Waals surface area contributed by atoms with Crippen LogP contribution in [0.2, 0.25) is 0 Å². The second kappa shape index (κ2) is 10.8. The number of hydrogen-bond donors (Lipinski definition) is 2. The summed E-state index contributed by atoms with van der Waals surface area (Å²) in [5.74, 6) is 0.210. The fourth-order valence-corrected chi connectivity index (χ4v) is 4.51. The molecule has 1 heterocycles. The van der Waals surface area contributed by atoms with Gasteiger partial charge in [0.15, 0.2) is 0 Å². The van der Waals surface area contributed by atoms with Crippen molar-refractivity contribution < 1.29 is 22.7 Å². The van der Waals surface area contributed by atoms with E-state index in [0.29, 0.717) is 17.0 Å². The quantitative estimate of drug-likeness (QED) is 0.510. The maximum absolute atomic E-state index is 13.3. The van der Waals surface area contributed by atoms with Crippen molar-refractivity contribution in [2.45, 2.75) is 24.3 Å². The van der Waals surface area contributed by atoms with E-state index in [9.17, 15) is 18.0 Å². The molecule has 0 fully saturated rings. The number of methoxy groups -OCH3 is 1. The number of carbonyl (C=O) groups excluding carboxylic acids is 2. The molecule has 0 saturated heterocycles. The Bertz CT molecular complexity index is 1250. The van der Waals surface area contributed by atoms with Gasteiger partial charge in [0, 0.05) is 31.5 Å². The Kier molecular flexibility index (Phi) is 7.85. The van der Waals surface area contributed by atoms with Gasteiger partial charge in [-0.2, -0.15) is 0 Å².